The van der Waals surface area contributed by atoms with Crippen molar-refractivity contribution >= 4 is 23.0 Å². The number of nitrogens with zero attached hydrogens (tertiary/aromatic N) is 1. The summed E-state index contributed by atoms with van der Waals surface area (Å²) < 4.78 is 13.3. The highest BCUT2D eigenvalue weighted by Crippen LogP contribution is 2.35. The van der Waals surface area contributed by atoms with Gasteiger partial charge in [0.05, 0.1) is 17.3 Å². The minimum Gasteiger partial charge on any atom is -0.348 e. The Balaban J connectivity index is 2.44. The Kier molecular flexibility index (Phi) is 1.97. The normalized spacial score (nSPS) is 23.2. The second-order valence-electron chi connectivity index (χ2n) is 3.06. The molecule has 5 heteroatoms. The minimum absolute atomic E-state index is 0.0393. The summed E-state index contributed by atoms with van der Waals surface area (Å²) >= 11 is 5.64. The zero-order chi connectivity index (χ0) is 10.2. The van der Waals surface area contributed by atoms with Crippen molar-refractivity contribution in [3.63, 3.8) is 0 Å². The van der Waals surface area contributed by atoms with Crippen LogP contribution in [0.3, 0.4) is 0 Å². The molecular weight excluding hydrogens is 205 g/mol. The first-order valence-corrected chi connectivity index (χ1v) is 4.56. The molecule has 3 nitrogen and oxygen atoms in total. The summed E-state index contributed by atoms with van der Waals surface area (Å²) in [5, 5.41) is 14.5. The van der Waals surface area contributed by atoms with Crippen molar-refractivity contribution in [3.05, 3.63) is 24.0 Å². The molecule has 0 aromatic heterocycles. The van der Waals surface area contributed by atoms with Crippen LogP contribution in [0.5, 0.6) is 0 Å². The average molecular weight is 212 g/mol. The molecule has 0 spiro atoms. The number of benzene rings is 1. The van der Waals surface area contributed by atoms with Crippen LogP contribution in [0.15, 0.2) is 18.2 Å². The maximum atomic E-state index is 13.3. The van der Waals surface area contributed by atoms with Crippen molar-refractivity contribution in [2.75, 3.05) is 16.5 Å². The number of nitriles is 1. The molecule has 0 radical (unpaired) electrons. The molecule has 2 N–H and O–H groups in total. The van der Waals surface area contributed by atoms with Gasteiger partial charge in [-0.2, -0.15) is 5.26 Å². The topological polar surface area (TPSA) is 47.9 Å². The van der Waals surface area contributed by atoms with Gasteiger partial charge in [0.15, 0.2) is 0 Å². The van der Waals surface area contributed by atoms with Crippen LogP contribution in [-0.4, -0.2) is 11.5 Å². The van der Waals surface area contributed by atoms with Gasteiger partial charge in [-0.15, -0.1) is 11.6 Å². The molecule has 1 unspecified atom stereocenters. The Bertz CT molecular complexity index is 415. The Morgan fingerprint density at radius 3 is 2.86 bits per heavy atom. The molecule has 14 heavy (non-hydrogen) atoms. The average Bonchev–Trinajstić information content (AvgIpc) is 2.59. The van der Waals surface area contributed by atoms with E-state index >= 15 is 0 Å². The fraction of sp³-hybridized carbons (Fsp3) is 0.222. The lowest BCUT2D eigenvalue weighted by Crippen LogP contribution is -2.42. The number of alkyl halides is 1. The summed E-state index contributed by atoms with van der Waals surface area (Å²) in [6.45, 7) is 0. The van der Waals surface area contributed by atoms with Crippen molar-refractivity contribution in [1.29, 1.82) is 5.26 Å². The molecule has 0 aliphatic carbocycles. The summed E-state index contributed by atoms with van der Waals surface area (Å²) in [6, 6.07) is 6.57. The van der Waals surface area contributed by atoms with Crippen LogP contribution in [0, 0.1) is 17.1 Å². The van der Waals surface area contributed by atoms with Gasteiger partial charge in [-0.1, -0.05) is 6.07 Å². The number of anilines is 2. The van der Waals surface area contributed by atoms with Crippen LogP contribution in [-0.2, 0) is 0 Å². The molecule has 0 saturated heterocycles. The van der Waals surface area contributed by atoms with E-state index in [1.165, 1.54) is 6.07 Å². The van der Waals surface area contributed by atoms with Crippen LogP contribution < -0.4 is 10.6 Å². The predicted molar refractivity (Wildman–Crippen MR) is 52.7 cm³/mol. The van der Waals surface area contributed by atoms with E-state index in [4.69, 9.17) is 16.9 Å². The second kappa shape index (κ2) is 3.03. The number of hydrogen-bond donors (Lipinski definition) is 2. The van der Waals surface area contributed by atoms with E-state index in [0.717, 1.165) is 0 Å². The highest BCUT2D eigenvalue weighted by atomic mass is 35.5. The van der Waals surface area contributed by atoms with E-state index in [-0.39, 0.29) is 5.88 Å². The number of hydrogen-bond acceptors (Lipinski definition) is 3. The Hall–Kier alpha value is -1.47. The van der Waals surface area contributed by atoms with Gasteiger partial charge in [0, 0.05) is 0 Å². The van der Waals surface area contributed by atoms with Gasteiger partial charge >= 0.3 is 0 Å². The van der Waals surface area contributed by atoms with Gasteiger partial charge in [-0.05, 0) is 12.1 Å². The summed E-state index contributed by atoms with van der Waals surface area (Å²) in [5.41, 5.74) is -0.228. The molecule has 1 aliphatic rings. The monoisotopic (exact) mass is 211 g/mol. The molecule has 1 heterocycles. The first-order chi connectivity index (χ1) is 6.71. The second-order valence-corrected chi connectivity index (χ2v) is 3.33. The fourth-order valence-corrected chi connectivity index (χ4v) is 1.58. The van der Waals surface area contributed by atoms with Gasteiger partial charge in [-0.3, -0.25) is 0 Å². The standard InChI is InChI=1S/C9H7ClFN3/c10-4-9(5-12)13-7-3-1-2-6(11)8(7)14-9/h1-3,13-14H,4H2. The molecule has 1 aliphatic heterocycles. The SMILES string of the molecule is N#CC1(CCl)Nc2cccc(F)c2N1. The third-order valence-electron chi connectivity index (χ3n) is 2.09. The van der Waals surface area contributed by atoms with Gasteiger partial charge in [0.2, 0.25) is 5.66 Å². The number of nitrogens with one attached hydrogen (secondary N) is 2. The Morgan fingerprint density at radius 1 is 1.50 bits per heavy atom. The third kappa shape index (κ3) is 1.17. The van der Waals surface area contributed by atoms with Crippen LogP contribution in [0.4, 0.5) is 15.8 Å². The van der Waals surface area contributed by atoms with E-state index < -0.39 is 11.5 Å². The lowest BCUT2D eigenvalue weighted by molar-refractivity contribution is 0.629. The molecule has 0 fully saturated rings. The van der Waals surface area contributed by atoms with Crippen molar-refractivity contribution in [2.24, 2.45) is 0 Å². The Morgan fingerprint density at radius 2 is 2.29 bits per heavy atom. The van der Waals surface area contributed by atoms with E-state index in [9.17, 15) is 4.39 Å². The number of halogens is 2. The molecule has 0 saturated carbocycles. The molecular formula is C9H7ClFN3. The van der Waals surface area contributed by atoms with Crippen LogP contribution in [0.2, 0.25) is 0 Å². The molecule has 0 bridgehead atoms. The zero-order valence-corrected chi connectivity index (χ0v) is 7.90. The van der Waals surface area contributed by atoms with Gasteiger partial charge in [-0.25, -0.2) is 4.39 Å². The van der Waals surface area contributed by atoms with E-state index in [0.29, 0.717) is 11.4 Å². The molecule has 1 atom stereocenters. The maximum Gasteiger partial charge on any atom is 0.212 e. The fourth-order valence-electron chi connectivity index (χ4n) is 1.38. The van der Waals surface area contributed by atoms with E-state index in [1.807, 2.05) is 6.07 Å². The van der Waals surface area contributed by atoms with Crippen LogP contribution >= 0.6 is 11.6 Å². The molecule has 0 amide bonds. The molecule has 1 aromatic rings. The van der Waals surface area contributed by atoms with E-state index in [1.54, 1.807) is 12.1 Å². The first kappa shape index (κ1) is 9.10. The smallest absolute Gasteiger partial charge is 0.212 e. The highest BCUT2D eigenvalue weighted by molar-refractivity contribution is 6.19. The first-order valence-electron chi connectivity index (χ1n) is 4.03. The number of rotatable bonds is 1. The largest absolute Gasteiger partial charge is 0.348 e. The predicted octanol–water partition coefficient (Wildman–Crippen LogP) is 2.12. The van der Waals surface area contributed by atoms with Gasteiger partial charge in [0.1, 0.15) is 11.9 Å². The van der Waals surface area contributed by atoms with Crippen molar-refractivity contribution < 1.29 is 4.39 Å². The van der Waals surface area contributed by atoms with Gasteiger partial charge in [0.25, 0.3) is 0 Å². The van der Waals surface area contributed by atoms with Crippen LogP contribution in [0.1, 0.15) is 0 Å². The molecule has 72 valence electrons. The summed E-state index contributed by atoms with van der Waals surface area (Å²) in [7, 11) is 0. The minimum atomic E-state index is -1.09. The molecule has 1 aromatic carbocycles. The van der Waals surface area contributed by atoms with Crippen LogP contribution in [0.25, 0.3) is 0 Å². The maximum absolute atomic E-state index is 13.3. The summed E-state index contributed by atoms with van der Waals surface area (Å²) in [6.07, 6.45) is 0. The Labute approximate surface area is 85.5 Å². The van der Waals surface area contributed by atoms with Crippen molar-refractivity contribution in [1.82, 2.24) is 0 Å². The highest BCUT2D eigenvalue weighted by Gasteiger charge is 2.36. The van der Waals surface area contributed by atoms with E-state index in [2.05, 4.69) is 10.6 Å². The number of fused-ring (bicyclic) bond motifs is 1. The van der Waals surface area contributed by atoms with Crippen molar-refractivity contribution in [2.45, 2.75) is 5.66 Å². The zero-order valence-electron chi connectivity index (χ0n) is 7.14. The summed E-state index contributed by atoms with van der Waals surface area (Å²) in [4.78, 5) is 0. The number of para-hydroxylation sites is 1. The van der Waals surface area contributed by atoms with Gasteiger partial charge < -0.3 is 10.6 Å². The lowest BCUT2D eigenvalue weighted by Gasteiger charge is -2.18. The van der Waals surface area contributed by atoms with Crippen molar-refractivity contribution in [3.8, 4) is 6.07 Å². The molecule has 2 rings (SSSR count). The lowest BCUT2D eigenvalue weighted by atomic mass is 10.2. The summed E-state index contributed by atoms with van der Waals surface area (Å²) in [5.74, 6) is -0.352. The quantitative estimate of drug-likeness (QED) is 0.700. The third-order valence-corrected chi connectivity index (χ3v) is 2.49.